The van der Waals surface area contributed by atoms with Crippen LogP contribution in [0.2, 0.25) is 0 Å². The minimum Gasteiger partial charge on any atom is -0.497 e. The Morgan fingerprint density at radius 1 is 1.00 bits per heavy atom. The van der Waals surface area contributed by atoms with Crippen LogP contribution in [0.3, 0.4) is 0 Å². The van der Waals surface area contributed by atoms with Gasteiger partial charge in [-0.3, -0.25) is 0 Å². The molecule has 3 heterocycles. The second-order valence-electron chi connectivity index (χ2n) is 10.7. The van der Waals surface area contributed by atoms with E-state index >= 15 is 4.39 Å². The third-order valence-corrected chi connectivity index (χ3v) is 7.76. The highest BCUT2D eigenvalue weighted by Crippen LogP contribution is 2.37. The number of anilines is 1. The second kappa shape index (κ2) is 12.4. The molecule has 1 aliphatic rings. The summed E-state index contributed by atoms with van der Waals surface area (Å²) in [6.45, 7) is 0.352. The van der Waals surface area contributed by atoms with Gasteiger partial charge in [-0.15, -0.1) is 5.10 Å². The Morgan fingerprint density at radius 2 is 1.80 bits per heavy atom. The first-order chi connectivity index (χ1) is 21.8. The summed E-state index contributed by atoms with van der Waals surface area (Å²) in [7, 11) is 4.53. The molecule has 3 aromatic carbocycles. The van der Waals surface area contributed by atoms with Crippen molar-refractivity contribution in [1.29, 1.82) is 0 Å². The number of aromatic nitrogens is 4. The number of nitrogens with one attached hydrogen (secondary N) is 1. The lowest BCUT2D eigenvalue weighted by molar-refractivity contribution is 0.0225. The molecule has 1 atom stereocenters. The van der Waals surface area contributed by atoms with Gasteiger partial charge in [-0.1, -0.05) is 30.3 Å². The lowest BCUT2D eigenvalue weighted by Gasteiger charge is -2.34. The minimum atomic E-state index is -2.09. The maximum atomic E-state index is 16.7. The van der Waals surface area contributed by atoms with Crippen molar-refractivity contribution in [1.82, 2.24) is 24.5 Å². The van der Waals surface area contributed by atoms with Crippen LogP contribution in [-0.2, 0) is 23.6 Å². The SMILES string of the molecule is COc1ccc(CNc2nc3c(OC)cc(F)cc3c3nc(C4(F)CCCN(C(=O)OCc5ccccc5)C4)nn23)c(OC)c1. The number of benzene rings is 3. The number of alkyl halides is 1. The number of carbonyl (C=O) groups excluding carboxylic acids is 1. The van der Waals surface area contributed by atoms with Crippen LogP contribution in [-0.4, -0.2) is 65.0 Å². The highest BCUT2D eigenvalue weighted by molar-refractivity contribution is 5.96. The molecule has 234 valence electrons. The fourth-order valence-electron chi connectivity index (χ4n) is 5.44. The van der Waals surface area contributed by atoms with Crippen LogP contribution < -0.4 is 19.5 Å². The van der Waals surface area contributed by atoms with Crippen molar-refractivity contribution in [3.63, 3.8) is 0 Å². The van der Waals surface area contributed by atoms with E-state index in [1.54, 1.807) is 26.4 Å². The predicted octanol–water partition coefficient (Wildman–Crippen LogP) is 5.65. The van der Waals surface area contributed by atoms with Crippen LogP contribution in [0.15, 0.2) is 60.7 Å². The van der Waals surface area contributed by atoms with Crippen molar-refractivity contribution in [3.05, 3.63) is 83.4 Å². The van der Waals surface area contributed by atoms with E-state index in [2.05, 4.69) is 20.4 Å². The number of carbonyl (C=O) groups is 1. The molecule has 1 amide bonds. The Kier molecular flexibility index (Phi) is 8.24. The van der Waals surface area contributed by atoms with E-state index in [1.807, 2.05) is 36.4 Å². The molecule has 2 aromatic heterocycles. The van der Waals surface area contributed by atoms with Crippen LogP contribution in [0.25, 0.3) is 16.6 Å². The van der Waals surface area contributed by atoms with Crippen LogP contribution in [0.4, 0.5) is 19.5 Å². The summed E-state index contributed by atoms with van der Waals surface area (Å²) in [5.41, 5.74) is 0.0235. The Morgan fingerprint density at radius 3 is 2.56 bits per heavy atom. The zero-order valence-corrected chi connectivity index (χ0v) is 25.0. The maximum absolute atomic E-state index is 16.7. The third kappa shape index (κ3) is 5.97. The lowest BCUT2D eigenvalue weighted by Crippen LogP contribution is -2.47. The molecule has 1 N–H and O–H groups in total. The summed E-state index contributed by atoms with van der Waals surface area (Å²) in [6, 6.07) is 17.1. The number of piperidine rings is 1. The summed E-state index contributed by atoms with van der Waals surface area (Å²) >= 11 is 0. The second-order valence-corrected chi connectivity index (χ2v) is 10.7. The van der Waals surface area contributed by atoms with Gasteiger partial charge in [0.25, 0.3) is 0 Å². The third-order valence-electron chi connectivity index (χ3n) is 7.76. The Labute approximate surface area is 257 Å². The van der Waals surface area contributed by atoms with E-state index in [-0.39, 0.29) is 54.7 Å². The van der Waals surface area contributed by atoms with Crippen molar-refractivity contribution in [2.45, 2.75) is 31.7 Å². The number of ether oxygens (including phenoxy) is 4. The maximum Gasteiger partial charge on any atom is 0.410 e. The quantitative estimate of drug-likeness (QED) is 0.224. The summed E-state index contributed by atoms with van der Waals surface area (Å²) < 4.78 is 54.4. The number of fused-ring (bicyclic) bond motifs is 3. The van der Waals surface area contributed by atoms with Crippen molar-refractivity contribution < 1.29 is 32.5 Å². The molecule has 11 nitrogen and oxygen atoms in total. The molecular weight excluding hydrogens is 586 g/mol. The molecule has 0 aliphatic carbocycles. The average molecular weight is 619 g/mol. The molecule has 0 bridgehead atoms. The number of likely N-dealkylation sites (tertiary alicyclic amines) is 1. The van der Waals surface area contributed by atoms with E-state index in [0.29, 0.717) is 30.0 Å². The number of methoxy groups -OCH3 is 3. The fourth-order valence-corrected chi connectivity index (χ4v) is 5.44. The molecule has 0 spiro atoms. The number of halogens is 2. The lowest BCUT2D eigenvalue weighted by atomic mass is 9.94. The smallest absolute Gasteiger partial charge is 0.410 e. The van der Waals surface area contributed by atoms with Crippen LogP contribution >= 0.6 is 0 Å². The average Bonchev–Trinajstić information content (AvgIpc) is 3.54. The molecule has 1 unspecified atom stereocenters. The highest BCUT2D eigenvalue weighted by atomic mass is 19.1. The molecule has 1 aliphatic heterocycles. The van der Waals surface area contributed by atoms with E-state index in [4.69, 9.17) is 18.9 Å². The standard InChI is InChI=1S/C32H32F2N6O5/c1-42-23-11-10-21(25(16-23)43-2)17-35-30-36-27-24(14-22(33)15-26(27)44-3)28-37-29(38-40(28)30)32(34)12-7-13-39(19-32)31(41)45-18-20-8-5-4-6-9-20/h4-6,8-11,14-16H,7,12-13,17-19H2,1-3H3,(H,35,36). The number of nitrogens with zero attached hydrogens (tertiary/aromatic N) is 5. The Bertz CT molecular complexity index is 1850. The first kappa shape index (κ1) is 29.9. The number of amides is 1. The molecular formula is C32H32F2N6O5. The minimum absolute atomic E-state index is 0.0706. The molecule has 0 radical (unpaired) electrons. The molecule has 0 saturated carbocycles. The molecule has 1 fully saturated rings. The summed E-state index contributed by atoms with van der Waals surface area (Å²) in [6.07, 6.45) is -0.170. The highest BCUT2D eigenvalue weighted by Gasteiger charge is 2.43. The summed E-state index contributed by atoms with van der Waals surface area (Å²) in [4.78, 5) is 23.5. The fraction of sp³-hybridized carbons (Fsp3) is 0.312. The summed E-state index contributed by atoms with van der Waals surface area (Å²) in [5.74, 6) is 0.900. The van der Waals surface area contributed by atoms with Gasteiger partial charge in [0.05, 0.1) is 33.3 Å². The van der Waals surface area contributed by atoms with E-state index < -0.39 is 17.6 Å². The van der Waals surface area contributed by atoms with Gasteiger partial charge in [0.2, 0.25) is 5.95 Å². The summed E-state index contributed by atoms with van der Waals surface area (Å²) in [5, 5.41) is 8.05. The van der Waals surface area contributed by atoms with E-state index in [9.17, 15) is 9.18 Å². The van der Waals surface area contributed by atoms with Gasteiger partial charge in [0.15, 0.2) is 17.1 Å². The molecule has 45 heavy (non-hydrogen) atoms. The van der Waals surface area contributed by atoms with Crippen molar-refractivity contribution in [3.8, 4) is 17.2 Å². The van der Waals surface area contributed by atoms with Crippen LogP contribution in [0, 0.1) is 5.82 Å². The van der Waals surface area contributed by atoms with Gasteiger partial charge >= 0.3 is 6.09 Å². The zero-order valence-electron chi connectivity index (χ0n) is 25.0. The van der Waals surface area contributed by atoms with Crippen LogP contribution in [0.1, 0.15) is 29.8 Å². The molecule has 6 rings (SSSR count). The first-order valence-corrected chi connectivity index (χ1v) is 14.4. The van der Waals surface area contributed by atoms with Gasteiger partial charge in [-0.2, -0.15) is 4.52 Å². The largest absolute Gasteiger partial charge is 0.497 e. The predicted molar refractivity (Wildman–Crippen MR) is 162 cm³/mol. The number of rotatable bonds is 9. The van der Waals surface area contributed by atoms with Gasteiger partial charge in [-0.05, 0) is 36.6 Å². The normalized spacial score (nSPS) is 16.5. The van der Waals surface area contributed by atoms with E-state index in [0.717, 1.165) is 11.1 Å². The van der Waals surface area contributed by atoms with Gasteiger partial charge in [0, 0.05) is 30.8 Å². The Balaban J connectivity index is 1.35. The topological polar surface area (TPSA) is 112 Å². The van der Waals surface area contributed by atoms with Gasteiger partial charge < -0.3 is 29.2 Å². The Hall–Kier alpha value is -5.20. The van der Waals surface area contributed by atoms with Gasteiger partial charge in [0.1, 0.15) is 35.2 Å². The van der Waals surface area contributed by atoms with Crippen molar-refractivity contribution in [2.75, 3.05) is 39.7 Å². The van der Waals surface area contributed by atoms with E-state index in [1.165, 1.54) is 28.7 Å². The molecule has 5 aromatic rings. The number of hydrogen-bond donors (Lipinski definition) is 1. The van der Waals surface area contributed by atoms with Crippen molar-refractivity contribution >= 4 is 28.6 Å². The first-order valence-electron chi connectivity index (χ1n) is 14.4. The van der Waals surface area contributed by atoms with Crippen LogP contribution in [0.5, 0.6) is 17.2 Å². The zero-order chi connectivity index (χ0) is 31.6. The van der Waals surface area contributed by atoms with Crippen molar-refractivity contribution in [2.24, 2.45) is 0 Å². The monoisotopic (exact) mass is 618 g/mol. The number of hydrogen-bond acceptors (Lipinski definition) is 9. The molecule has 1 saturated heterocycles. The van der Waals surface area contributed by atoms with Gasteiger partial charge in [-0.25, -0.2) is 23.5 Å². The molecule has 13 heteroatoms.